The summed E-state index contributed by atoms with van der Waals surface area (Å²) in [5.74, 6) is 0. The van der Waals surface area contributed by atoms with Gasteiger partial charge >= 0.3 is 0 Å². The molecule has 0 aromatic heterocycles. The van der Waals surface area contributed by atoms with Crippen LogP contribution >= 0.6 is 0 Å². The third kappa shape index (κ3) is 7.38. The Bertz CT molecular complexity index is 182. The summed E-state index contributed by atoms with van der Waals surface area (Å²) in [6.45, 7) is 9.56. The lowest BCUT2D eigenvalue weighted by atomic mass is 10.1. The fourth-order valence-corrected chi connectivity index (χ4v) is 2.84. The molecule has 0 amide bonds. The Balaban J connectivity index is 1.83. The third-order valence-corrected chi connectivity index (χ3v) is 4.19. The molecule has 0 bridgehead atoms. The van der Waals surface area contributed by atoms with Crippen molar-refractivity contribution in [2.75, 3.05) is 26.2 Å². The van der Waals surface area contributed by atoms with Crippen LogP contribution in [0.3, 0.4) is 0 Å². The van der Waals surface area contributed by atoms with Gasteiger partial charge in [0.1, 0.15) is 0 Å². The van der Waals surface area contributed by atoms with Gasteiger partial charge in [-0.3, -0.25) is 4.90 Å². The lowest BCUT2D eigenvalue weighted by Gasteiger charge is -2.33. The first-order valence-electron chi connectivity index (χ1n) is 8.29. The lowest BCUT2D eigenvalue weighted by molar-refractivity contribution is 0.170. The second kappa shape index (κ2) is 10.8. The number of unbranched alkanes of at least 4 members (excludes halogenated alkanes) is 8. The fraction of sp³-hybridized carbons (Fsp3) is 1.00. The molecule has 2 heteroatoms. The first-order chi connectivity index (χ1) is 8.84. The number of rotatable bonds is 10. The molecule has 1 fully saturated rings. The number of nitrogens with zero attached hydrogens (tertiary/aromatic N) is 1. The van der Waals surface area contributed by atoms with Crippen molar-refractivity contribution in [2.45, 2.75) is 77.7 Å². The van der Waals surface area contributed by atoms with Crippen LogP contribution in [0.15, 0.2) is 0 Å². The summed E-state index contributed by atoms with van der Waals surface area (Å²) in [5.41, 5.74) is 0. The molecule has 1 N–H and O–H groups in total. The number of nitrogens with one attached hydrogen (secondary N) is 1. The quantitative estimate of drug-likeness (QED) is 0.596. The van der Waals surface area contributed by atoms with Gasteiger partial charge in [0, 0.05) is 25.7 Å². The number of hydrogen-bond donors (Lipinski definition) is 1. The molecule has 1 atom stereocenters. The maximum absolute atomic E-state index is 3.46. The zero-order valence-corrected chi connectivity index (χ0v) is 12.7. The van der Waals surface area contributed by atoms with Crippen molar-refractivity contribution >= 4 is 0 Å². The Morgan fingerprint density at radius 3 is 2.17 bits per heavy atom. The standard InChI is InChI=1S/C16H34N2/c1-3-4-5-6-7-8-9-10-11-13-18-14-12-17-15-16(18)2/h16-17H,3-15H2,1-2H3. The second-order valence-electron chi connectivity index (χ2n) is 5.92. The van der Waals surface area contributed by atoms with Gasteiger partial charge in [-0.25, -0.2) is 0 Å². The van der Waals surface area contributed by atoms with Crippen molar-refractivity contribution in [1.82, 2.24) is 10.2 Å². The summed E-state index contributed by atoms with van der Waals surface area (Å²) in [5, 5.41) is 3.46. The first-order valence-corrected chi connectivity index (χ1v) is 8.29. The molecule has 0 aliphatic carbocycles. The van der Waals surface area contributed by atoms with E-state index in [2.05, 4.69) is 24.1 Å². The van der Waals surface area contributed by atoms with E-state index in [1.54, 1.807) is 0 Å². The summed E-state index contributed by atoms with van der Waals surface area (Å²) in [6.07, 6.45) is 12.9. The molecule has 1 heterocycles. The summed E-state index contributed by atoms with van der Waals surface area (Å²) >= 11 is 0. The monoisotopic (exact) mass is 254 g/mol. The molecule has 2 nitrogen and oxygen atoms in total. The maximum Gasteiger partial charge on any atom is 0.0192 e. The van der Waals surface area contributed by atoms with Crippen molar-refractivity contribution in [3.8, 4) is 0 Å². The average molecular weight is 254 g/mol. The predicted molar refractivity (Wildman–Crippen MR) is 81.1 cm³/mol. The molecule has 0 aromatic rings. The highest BCUT2D eigenvalue weighted by Gasteiger charge is 2.16. The lowest BCUT2D eigenvalue weighted by Crippen LogP contribution is -2.49. The minimum Gasteiger partial charge on any atom is -0.314 e. The Hall–Kier alpha value is -0.0800. The van der Waals surface area contributed by atoms with E-state index in [0.29, 0.717) is 0 Å². The molecular weight excluding hydrogens is 220 g/mol. The van der Waals surface area contributed by atoms with Crippen LogP contribution in [0.1, 0.15) is 71.6 Å². The third-order valence-electron chi connectivity index (χ3n) is 4.19. The molecule has 108 valence electrons. The van der Waals surface area contributed by atoms with Crippen LogP contribution < -0.4 is 5.32 Å². The molecule has 1 aliphatic heterocycles. The Morgan fingerprint density at radius 2 is 1.56 bits per heavy atom. The maximum atomic E-state index is 3.46. The highest BCUT2D eigenvalue weighted by Crippen LogP contribution is 2.11. The molecule has 1 aliphatic rings. The van der Waals surface area contributed by atoms with Crippen LogP contribution in [0.2, 0.25) is 0 Å². The van der Waals surface area contributed by atoms with Gasteiger partial charge < -0.3 is 5.32 Å². The number of hydrogen-bond acceptors (Lipinski definition) is 2. The van der Waals surface area contributed by atoms with E-state index in [1.807, 2.05) is 0 Å². The SMILES string of the molecule is CCCCCCCCCCCN1CCNCC1C. The van der Waals surface area contributed by atoms with Gasteiger partial charge in [0.2, 0.25) is 0 Å². The highest BCUT2D eigenvalue weighted by atomic mass is 15.2. The van der Waals surface area contributed by atoms with Crippen LogP contribution in [0.4, 0.5) is 0 Å². The van der Waals surface area contributed by atoms with Gasteiger partial charge in [0.15, 0.2) is 0 Å². The molecule has 0 saturated carbocycles. The van der Waals surface area contributed by atoms with Crippen LogP contribution in [-0.4, -0.2) is 37.1 Å². The van der Waals surface area contributed by atoms with E-state index in [-0.39, 0.29) is 0 Å². The molecular formula is C16H34N2. The van der Waals surface area contributed by atoms with Crippen molar-refractivity contribution in [3.63, 3.8) is 0 Å². The van der Waals surface area contributed by atoms with Crippen LogP contribution in [0.25, 0.3) is 0 Å². The van der Waals surface area contributed by atoms with Gasteiger partial charge in [-0.2, -0.15) is 0 Å². The topological polar surface area (TPSA) is 15.3 Å². The van der Waals surface area contributed by atoms with Crippen LogP contribution in [0, 0.1) is 0 Å². The van der Waals surface area contributed by atoms with Crippen molar-refractivity contribution in [2.24, 2.45) is 0 Å². The molecule has 18 heavy (non-hydrogen) atoms. The summed E-state index contributed by atoms with van der Waals surface area (Å²) in [6, 6.07) is 0.743. The summed E-state index contributed by atoms with van der Waals surface area (Å²) in [4.78, 5) is 2.65. The average Bonchev–Trinajstić information content (AvgIpc) is 2.39. The molecule has 0 spiro atoms. The van der Waals surface area contributed by atoms with E-state index in [0.717, 1.165) is 6.04 Å². The number of piperazine rings is 1. The van der Waals surface area contributed by atoms with E-state index in [4.69, 9.17) is 0 Å². The largest absolute Gasteiger partial charge is 0.314 e. The van der Waals surface area contributed by atoms with Gasteiger partial charge in [-0.05, 0) is 19.9 Å². The normalized spacial score (nSPS) is 21.3. The van der Waals surface area contributed by atoms with Crippen molar-refractivity contribution < 1.29 is 0 Å². The van der Waals surface area contributed by atoms with Gasteiger partial charge in [-0.15, -0.1) is 0 Å². The van der Waals surface area contributed by atoms with Gasteiger partial charge in [-0.1, -0.05) is 58.3 Å². The van der Waals surface area contributed by atoms with E-state index >= 15 is 0 Å². The summed E-state index contributed by atoms with van der Waals surface area (Å²) in [7, 11) is 0. The highest BCUT2D eigenvalue weighted by molar-refractivity contribution is 4.75. The zero-order valence-electron chi connectivity index (χ0n) is 12.7. The first kappa shape index (κ1) is 16.0. The fourth-order valence-electron chi connectivity index (χ4n) is 2.84. The van der Waals surface area contributed by atoms with Crippen LogP contribution in [0.5, 0.6) is 0 Å². The van der Waals surface area contributed by atoms with Gasteiger partial charge in [0.25, 0.3) is 0 Å². The zero-order chi connectivity index (χ0) is 13.1. The molecule has 1 unspecified atom stereocenters. The van der Waals surface area contributed by atoms with E-state index < -0.39 is 0 Å². The second-order valence-corrected chi connectivity index (χ2v) is 5.92. The summed E-state index contributed by atoms with van der Waals surface area (Å²) < 4.78 is 0. The van der Waals surface area contributed by atoms with Crippen molar-refractivity contribution in [3.05, 3.63) is 0 Å². The smallest absolute Gasteiger partial charge is 0.0192 e. The molecule has 1 rings (SSSR count). The predicted octanol–water partition coefficient (Wildman–Crippen LogP) is 3.81. The minimum atomic E-state index is 0.743. The molecule has 1 saturated heterocycles. The Labute approximate surface area is 115 Å². The van der Waals surface area contributed by atoms with E-state index in [1.165, 1.54) is 84.0 Å². The van der Waals surface area contributed by atoms with Crippen molar-refractivity contribution in [1.29, 1.82) is 0 Å². The minimum absolute atomic E-state index is 0.743. The van der Waals surface area contributed by atoms with Crippen LogP contribution in [-0.2, 0) is 0 Å². The van der Waals surface area contributed by atoms with Gasteiger partial charge in [0.05, 0.1) is 0 Å². The Morgan fingerprint density at radius 1 is 0.944 bits per heavy atom. The van der Waals surface area contributed by atoms with E-state index in [9.17, 15) is 0 Å². The molecule has 0 aromatic carbocycles. The molecule has 0 radical (unpaired) electrons. The Kier molecular flexibility index (Phi) is 9.59.